The van der Waals surface area contributed by atoms with Crippen molar-refractivity contribution in [2.75, 3.05) is 38.4 Å². The van der Waals surface area contributed by atoms with Crippen molar-refractivity contribution in [2.24, 2.45) is 0 Å². The van der Waals surface area contributed by atoms with Crippen LogP contribution in [-0.4, -0.2) is 52.6 Å². The largest absolute Gasteiger partial charge is 0.397 e. The zero-order chi connectivity index (χ0) is 15.8. The molecule has 0 bridgehead atoms. The van der Waals surface area contributed by atoms with Gasteiger partial charge >= 0.3 is 0 Å². The van der Waals surface area contributed by atoms with E-state index >= 15 is 0 Å². The van der Waals surface area contributed by atoms with Crippen LogP contribution in [0, 0.1) is 0 Å². The van der Waals surface area contributed by atoms with Gasteiger partial charge in [0.1, 0.15) is 0 Å². The standard InChI is InChI=1S/C14H23N3O3S/c1-10-13(7-8-20-10)17(4)14-6-5-11(9-12(14)15)21(18,19)16(2)3/h5-6,9-10,13H,7-8,15H2,1-4H3. The summed E-state index contributed by atoms with van der Waals surface area (Å²) in [5, 5.41) is 0. The van der Waals surface area contributed by atoms with Crippen LogP contribution < -0.4 is 10.6 Å². The van der Waals surface area contributed by atoms with Crippen LogP contribution in [0.5, 0.6) is 0 Å². The fourth-order valence-corrected chi connectivity index (χ4v) is 3.57. The van der Waals surface area contributed by atoms with E-state index in [0.29, 0.717) is 5.69 Å². The minimum absolute atomic E-state index is 0.139. The van der Waals surface area contributed by atoms with E-state index in [-0.39, 0.29) is 17.0 Å². The third kappa shape index (κ3) is 3.00. The number of sulfonamides is 1. The maximum Gasteiger partial charge on any atom is 0.242 e. The Morgan fingerprint density at radius 3 is 2.43 bits per heavy atom. The Morgan fingerprint density at radius 1 is 1.29 bits per heavy atom. The lowest BCUT2D eigenvalue weighted by atomic mass is 10.1. The van der Waals surface area contributed by atoms with Crippen molar-refractivity contribution >= 4 is 21.4 Å². The quantitative estimate of drug-likeness (QED) is 0.843. The second kappa shape index (κ2) is 5.82. The molecule has 1 aromatic rings. The smallest absolute Gasteiger partial charge is 0.242 e. The number of likely N-dealkylation sites (N-methyl/N-ethyl adjacent to an activating group) is 1. The van der Waals surface area contributed by atoms with Crippen LogP contribution in [0.15, 0.2) is 23.1 Å². The molecule has 1 saturated heterocycles. The zero-order valence-electron chi connectivity index (χ0n) is 12.9. The van der Waals surface area contributed by atoms with Crippen molar-refractivity contribution in [3.63, 3.8) is 0 Å². The number of ether oxygens (including phenoxy) is 1. The minimum atomic E-state index is -3.46. The second-order valence-corrected chi connectivity index (χ2v) is 7.70. The van der Waals surface area contributed by atoms with E-state index in [1.807, 2.05) is 14.0 Å². The van der Waals surface area contributed by atoms with Gasteiger partial charge in [0.05, 0.1) is 28.4 Å². The monoisotopic (exact) mass is 313 g/mol. The molecule has 1 heterocycles. The summed E-state index contributed by atoms with van der Waals surface area (Å²) < 4.78 is 31.0. The summed E-state index contributed by atoms with van der Waals surface area (Å²) >= 11 is 0. The van der Waals surface area contributed by atoms with Gasteiger partial charge in [-0.05, 0) is 31.5 Å². The van der Waals surface area contributed by atoms with Gasteiger partial charge < -0.3 is 15.4 Å². The molecule has 2 rings (SSSR count). The van der Waals surface area contributed by atoms with Gasteiger partial charge in [-0.25, -0.2) is 12.7 Å². The third-order valence-electron chi connectivity index (χ3n) is 3.99. The Balaban J connectivity index is 2.32. The first-order chi connectivity index (χ1) is 9.75. The lowest BCUT2D eigenvalue weighted by Gasteiger charge is -2.30. The maximum absolute atomic E-state index is 12.1. The van der Waals surface area contributed by atoms with Crippen LogP contribution >= 0.6 is 0 Å². The van der Waals surface area contributed by atoms with Crippen LogP contribution in [0.1, 0.15) is 13.3 Å². The van der Waals surface area contributed by atoms with E-state index < -0.39 is 10.0 Å². The number of hydrogen-bond acceptors (Lipinski definition) is 5. The lowest BCUT2D eigenvalue weighted by molar-refractivity contribution is 0.118. The Hall–Kier alpha value is -1.31. The Morgan fingerprint density at radius 2 is 1.95 bits per heavy atom. The molecule has 118 valence electrons. The molecule has 0 aromatic heterocycles. The summed E-state index contributed by atoms with van der Waals surface area (Å²) in [4.78, 5) is 2.27. The van der Waals surface area contributed by atoms with Crippen molar-refractivity contribution in [1.29, 1.82) is 0 Å². The fourth-order valence-electron chi connectivity index (χ4n) is 2.63. The first-order valence-electron chi connectivity index (χ1n) is 6.91. The highest BCUT2D eigenvalue weighted by atomic mass is 32.2. The molecule has 0 spiro atoms. The molecule has 1 fully saturated rings. The molecule has 0 saturated carbocycles. The number of anilines is 2. The van der Waals surface area contributed by atoms with Gasteiger partial charge in [-0.15, -0.1) is 0 Å². The molecule has 2 N–H and O–H groups in total. The number of nitrogens with two attached hydrogens (primary N) is 1. The molecule has 7 heteroatoms. The van der Waals surface area contributed by atoms with Crippen LogP contribution in [-0.2, 0) is 14.8 Å². The predicted molar refractivity (Wildman–Crippen MR) is 83.9 cm³/mol. The normalized spacial score (nSPS) is 22.7. The Bertz CT molecular complexity index is 616. The second-order valence-electron chi connectivity index (χ2n) is 5.55. The first kappa shape index (κ1) is 16.1. The van der Waals surface area contributed by atoms with Gasteiger partial charge in [0.15, 0.2) is 0 Å². The van der Waals surface area contributed by atoms with E-state index in [0.717, 1.165) is 18.7 Å². The van der Waals surface area contributed by atoms with E-state index in [2.05, 4.69) is 4.90 Å². The third-order valence-corrected chi connectivity index (χ3v) is 5.80. The molecule has 2 atom stereocenters. The van der Waals surface area contributed by atoms with Gasteiger partial charge in [0, 0.05) is 27.7 Å². The fraction of sp³-hybridized carbons (Fsp3) is 0.571. The summed E-state index contributed by atoms with van der Waals surface area (Å²) in [6.45, 7) is 2.78. The van der Waals surface area contributed by atoms with Crippen molar-refractivity contribution in [3.8, 4) is 0 Å². The highest BCUT2D eigenvalue weighted by Gasteiger charge is 2.29. The molecule has 6 nitrogen and oxygen atoms in total. The minimum Gasteiger partial charge on any atom is -0.397 e. The summed E-state index contributed by atoms with van der Waals surface area (Å²) in [7, 11) is 1.50. The molecular weight excluding hydrogens is 290 g/mol. The van der Waals surface area contributed by atoms with Gasteiger partial charge in [-0.3, -0.25) is 0 Å². The zero-order valence-corrected chi connectivity index (χ0v) is 13.7. The predicted octanol–water partition coefficient (Wildman–Crippen LogP) is 1.13. The van der Waals surface area contributed by atoms with Crippen LogP contribution in [0.3, 0.4) is 0 Å². The van der Waals surface area contributed by atoms with Crippen LogP contribution in [0.4, 0.5) is 11.4 Å². The van der Waals surface area contributed by atoms with E-state index in [9.17, 15) is 8.42 Å². The molecule has 1 aliphatic heterocycles. The molecule has 2 unspecified atom stereocenters. The summed E-state index contributed by atoms with van der Waals surface area (Å²) in [6, 6.07) is 5.12. The molecule has 0 amide bonds. The van der Waals surface area contributed by atoms with Crippen molar-refractivity contribution < 1.29 is 13.2 Å². The highest BCUT2D eigenvalue weighted by molar-refractivity contribution is 7.89. The summed E-state index contributed by atoms with van der Waals surface area (Å²) in [5.74, 6) is 0. The van der Waals surface area contributed by atoms with E-state index in [4.69, 9.17) is 10.5 Å². The molecule has 0 radical (unpaired) electrons. The van der Waals surface area contributed by atoms with Gasteiger partial charge in [-0.2, -0.15) is 0 Å². The molecule has 21 heavy (non-hydrogen) atoms. The highest BCUT2D eigenvalue weighted by Crippen LogP contribution is 2.31. The summed E-state index contributed by atoms with van der Waals surface area (Å²) in [5.41, 5.74) is 7.35. The maximum atomic E-state index is 12.1. The van der Waals surface area contributed by atoms with E-state index in [1.165, 1.54) is 24.5 Å². The molecule has 0 aliphatic carbocycles. The number of benzene rings is 1. The molecule has 1 aromatic carbocycles. The Kier molecular flexibility index (Phi) is 4.46. The number of hydrogen-bond donors (Lipinski definition) is 1. The van der Waals surface area contributed by atoms with Gasteiger partial charge in [0.25, 0.3) is 0 Å². The Labute approximate surface area is 126 Å². The van der Waals surface area contributed by atoms with Crippen molar-refractivity contribution in [3.05, 3.63) is 18.2 Å². The average Bonchev–Trinajstić information content (AvgIpc) is 2.83. The molecular formula is C14H23N3O3S. The SMILES string of the molecule is CC1OCCC1N(C)c1ccc(S(=O)(=O)N(C)C)cc1N. The van der Waals surface area contributed by atoms with Crippen LogP contribution in [0.25, 0.3) is 0 Å². The van der Waals surface area contributed by atoms with Gasteiger partial charge in [0.2, 0.25) is 10.0 Å². The van der Waals surface area contributed by atoms with Gasteiger partial charge in [-0.1, -0.05) is 0 Å². The number of nitrogen functional groups attached to an aromatic ring is 1. The topological polar surface area (TPSA) is 75.9 Å². The van der Waals surface area contributed by atoms with E-state index in [1.54, 1.807) is 12.1 Å². The van der Waals surface area contributed by atoms with Crippen molar-refractivity contribution in [2.45, 2.75) is 30.4 Å². The lowest BCUT2D eigenvalue weighted by Crippen LogP contribution is -2.37. The number of rotatable bonds is 4. The summed E-state index contributed by atoms with van der Waals surface area (Å²) in [6.07, 6.45) is 1.08. The average molecular weight is 313 g/mol. The first-order valence-corrected chi connectivity index (χ1v) is 8.35. The molecule has 1 aliphatic rings. The number of nitrogens with zero attached hydrogens (tertiary/aromatic N) is 2. The van der Waals surface area contributed by atoms with Crippen LogP contribution in [0.2, 0.25) is 0 Å². The van der Waals surface area contributed by atoms with Crippen molar-refractivity contribution in [1.82, 2.24) is 4.31 Å².